The maximum Gasteiger partial charge on any atom is 0.218 e. The molecule has 1 saturated heterocycles. The van der Waals surface area contributed by atoms with E-state index in [0.717, 1.165) is 19.5 Å². The van der Waals surface area contributed by atoms with E-state index < -0.39 is 0 Å². The highest BCUT2D eigenvalue weighted by Crippen LogP contribution is 2.13. The molecule has 0 spiro atoms. The number of hydrogen-bond donors (Lipinski definition) is 2. The summed E-state index contributed by atoms with van der Waals surface area (Å²) >= 11 is 0. The van der Waals surface area contributed by atoms with Gasteiger partial charge in [-0.1, -0.05) is 5.92 Å². The average molecular weight is 261 g/mol. The highest BCUT2D eigenvalue weighted by Gasteiger charge is 2.16. The van der Waals surface area contributed by atoms with Crippen LogP contribution in [0.2, 0.25) is 0 Å². The number of aryl methyl sites for hydroxylation is 1. The molecule has 2 rings (SSSR count). The fourth-order valence-electron chi connectivity index (χ4n) is 1.88. The molecule has 5 nitrogen and oxygen atoms in total. The molecule has 1 fully saturated rings. The lowest BCUT2D eigenvalue weighted by Crippen LogP contribution is -2.20. The zero-order chi connectivity index (χ0) is 13.5. The van der Waals surface area contributed by atoms with Gasteiger partial charge in [-0.2, -0.15) is 4.98 Å². The summed E-state index contributed by atoms with van der Waals surface area (Å²) in [5, 5.41) is 11.9. The van der Waals surface area contributed by atoms with Crippen molar-refractivity contribution < 1.29 is 9.84 Å². The number of nitrogens with zero attached hydrogens (tertiary/aromatic N) is 2. The van der Waals surface area contributed by atoms with Gasteiger partial charge in [-0.3, -0.25) is 0 Å². The summed E-state index contributed by atoms with van der Waals surface area (Å²) in [6.07, 6.45) is 2.54. The molecule has 1 aromatic heterocycles. The summed E-state index contributed by atoms with van der Waals surface area (Å²) in [4.78, 5) is 8.54. The Bertz CT molecular complexity index is 473. The molecule has 1 aromatic rings. The van der Waals surface area contributed by atoms with Crippen LogP contribution in [0.5, 0.6) is 5.88 Å². The smallest absolute Gasteiger partial charge is 0.218 e. The van der Waals surface area contributed by atoms with Crippen molar-refractivity contribution >= 4 is 0 Å². The molecule has 102 valence electrons. The monoisotopic (exact) mass is 261 g/mol. The van der Waals surface area contributed by atoms with Crippen LogP contribution in [0.3, 0.4) is 0 Å². The van der Waals surface area contributed by atoms with Crippen LogP contribution in [0.4, 0.5) is 0 Å². The first-order valence-electron chi connectivity index (χ1n) is 6.60. The van der Waals surface area contributed by atoms with Gasteiger partial charge in [-0.25, -0.2) is 4.98 Å². The van der Waals surface area contributed by atoms with E-state index in [4.69, 9.17) is 9.84 Å². The first kappa shape index (κ1) is 13.8. The number of unbranched alkanes of at least 4 members (excludes halogenated alkanes) is 1. The van der Waals surface area contributed by atoms with E-state index in [0.29, 0.717) is 30.2 Å². The predicted molar refractivity (Wildman–Crippen MR) is 71.9 cm³/mol. The average Bonchev–Trinajstić information content (AvgIpc) is 2.87. The van der Waals surface area contributed by atoms with Crippen LogP contribution in [0.25, 0.3) is 0 Å². The minimum absolute atomic E-state index is 0.167. The lowest BCUT2D eigenvalue weighted by Gasteiger charge is -2.11. The van der Waals surface area contributed by atoms with Gasteiger partial charge in [0.2, 0.25) is 5.88 Å². The quantitative estimate of drug-likeness (QED) is 0.615. The Morgan fingerprint density at radius 1 is 1.53 bits per heavy atom. The SMILES string of the molecule is Cc1nc(C#CCCCO)cc(OC2CCNC2)n1. The molecule has 1 aliphatic rings. The molecular formula is C14H19N3O2. The first-order valence-corrected chi connectivity index (χ1v) is 6.60. The summed E-state index contributed by atoms with van der Waals surface area (Å²) in [5.41, 5.74) is 0.673. The standard InChI is InChI=1S/C14H19N3O2/c1-11-16-12(5-3-2-4-8-18)9-14(17-11)19-13-6-7-15-10-13/h9,13,15,18H,2,4,6-8,10H2,1H3. The second-order valence-corrected chi connectivity index (χ2v) is 4.50. The minimum atomic E-state index is 0.167. The van der Waals surface area contributed by atoms with Crippen molar-refractivity contribution in [3.05, 3.63) is 17.6 Å². The van der Waals surface area contributed by atoms with Gasteiger partial charge >= 0.3 is 0 Å². The van der Waals surface area contributed by atoms with Gasteiger partial charge in [0.1, 0.15) is 17.6 Å². The number of hydrogen-bond acceptors (Lipinski definition) is 5. The summed E-state index contributed by atoms with van der Waals surface area (Å²) in [6, 6.07) is 1.78. The Hall–Kier alpha value is -1.64. The Balaban J connectivity index is 2.02. The van der Waals surface area contributed by atoms with Gasteiger partial charge in [-0.15, -0.1) is 0 Å². The molecule has 0 bridgehead atoms. The molecule has 1 unspecified atom stereocenters. The maximum absolute atomic E-state index is 8.69. The molecule has 0 aliphatic carbocycles. The van der Waals surface area contributed by atoms with Gasteiger partial charge in [0.05, 0.1) is 0 Å². The highest BCUT2D eigenvalue weighted by molar-refractivity contribution is 5.31. The molecule has 1 atom stereocenters. The van der Waals surface area contributed by atoms with Crippen LogP contribution in [0, 0.1) is 18.8 Å². The number of nitrogens with one attached hydrogen (secondary N) is 1. The molecular weight excluding hydrogens is 242 g/mol. The van der Waals surface area contributed by atoms with E-state index >= 15 is 0 Å². The Morgan fingerprint density at radius 2 is 2.42 bits per heavy atom. The lowest BCUT2D eigenvalue weighted by atomic mass is 10.3. The topological polar surface area (TPSA) is 67.3 Å². The fraction of sp³-hybridized carbons (Fsp3) is 0.571. The van der Waals surface area contributed by atoms with Gasteiger partial charge in [0, 0.05) is 25.6 Å². The zero-order valence-electron chi connectivity index (χ0n) is 11.1. The van der Waals surface area contributed by atoms with Crippen LogP contribution in [0.15, 0.2) is 6.07 Å². The van der Waals surface area contributed by atoms with Gasteiger partial charge in [0.15, 0.2) is 0 Å². The van der Waals surface area contributed by atoms with Crippen LogP contribution in [-0.4, -0.2) is 40.9 Å². The molecule has 19 heavy (non-hydrogen) atoms. The van der Waals surface area contributed by atoms with Crippen molar-refractivity contribution in [2.24, 2.45) is 0 Å². The van der Waals surface area contributed by atoms with Gasteiger partial charge in [-0.05, 0) is 32.2 Å². The summed E-state index contributed by atoms with van der Waals surface area (Å²) < 4.78 is 5.80. The molecule has 0 saturated carbocycles. The third kappa shape index (κ3) is 4.51. The van der Waals surface area contributed by atoms with Crippen molar-refractivity contribution in [3.8, 4) is 17.7 Å². The number of aromatic nitrogens is 2. The van der Waals surface area contributed by atoms with Crippen molar-refractivity contribution in [2.45, 2.75) is 32.3 Å². The Kier molecular flexibility index (Phi) is 5.13. The minimum Gasteiger partial charge on any atom is -0.473 e. The predicted octanol–water partition coefficient (Wildman–Crippen LogP) is 0.650. The van der Waals surface area contributed by atoms with E-state index in [1.54, 1.807) is 6.07 Å². The first-order chi connectivity index (χ1) is 9.28. The zero-order valence-corrected chi connectivity index (χ0v) is 11.1. The Morgan fingerprint density at radius 3 is 3.16 bits per heavy atom. The third-order valence-corrected chi connectivity index (χ3v) is 2.79. The van der Waals surface area contributed by atoms with Gasteiger partial charge < -0.3 is 15.2 Å². The molecule has 1 aliphatic heterocycles. The summed E-state index contributed by atoms with van der Waals surface area (Å²) in [7, 11) is 0. The summed E-state index contributed by atoms with van der Waals surface area (Å²) in [5.74, 6) is 7.21. The van der Waals surface area contributed by atoms with Crippen LogP contribution in [-0.2, 0) is 0 Å². The molecule has 2 heterocycles. The van der Waals surface area contributed by atoms with Crippen LogP contribution < -0.4 is 10.1 Å². The Labute approximate surface area is 113 Å². The van der Waals surface area contributed by atoms with Crippen LogP contribution in [0.1, 0.15) is 30.8 Å². The third-order valence-electron chi connectivity index (χ3n) is 2.79. The van der Waals surface area contributed by atoms with E-state index in [9.17, 15) is 0 Å². The number of aliphatic hydroxyl groups excluding tert-OH is 1. The number of aliphatic hydroxyl groups is 1. The number of rotatable bonds is 4. The largest absolute Gasteiger partial charge is 0.473 e. The van der Waals surface area contributed by atoms with Gasteiger partial charge in [0.25, 0.3) is 0 Å². The summed E-state index contributed by atoms with van der Waals surface area (Å²) in [6.45, 7) is 3.85. The molecule has 2 N–H and O–H groups in total. The fourth-order valence-corrected chi connectivity index (χ4v) is 1.88. The second-order valence-electron chi connectivity index (χ2n) is 4.50. The van der Waals surface area contributed by atoms with E-state index in [1.165, 1.54) is 0 Å². The van der Waals surface area contributed by atoms with Crippen molar-refractivity contribution in [3.63, 3.8) is 0 Å². The number of ether oxygens (including phenoxy) is 1. The van der Waals surface area contributed by atoms with Crippen LogP contribution >= 0.6 is 0 Å². The van der Waals surface area contributed by atoms with Crippen molar-refractivity contribution in [1.82, 2.24) is 15.3 Å². The molecule has 0 aromatic carbocycles. The van der Waals surface area contributed by atoms with E-state index in [2.05, 4.69) is 27.1 Å². The van der Waals surface area contributed by atoms with Crippen molar-refractivity contribution in [1.29, 1.82) is 0 Å². The maximum atomic E-state index is 8.69. The van der Waals surface area contributed by atoms with E-state index in [-0.39, 0.29) is 12.7 Å². The second kappa shape index (κ2) is 7.07. The highest BCUT2D eigenvalue weighted by atomic mass is 16.5. The normalized spacial score (nSPS) is 17.9. The molecule has 0 amide bonds. The van der Waals surface area contributed by atoms with Crippen molar-refractivity contribution in [2.75, 3.05) is 19.7 Å². The lowest BCUT2D eigenvalue weighted by molar-refractivity contribution is 0.213. The molecule has 0 radical (unpaired) electrons. The van der Waals surface area contributed by atoms with E-state index in [1.807, 2.05) is 6.92 Å². The molecule has 5 heteroatoms.